The maximum Gasteiger partial charge on any atom is 0.178 e. The third-order valence-electron chi connectivity index (χ3n) is 6.95. The van der Waals surface area contributed by atoms with Crippen LogP contribution in [-0.4, -0.2) is 34.5 Å². The third kappa shape index (κ3) is 4.06. The second-order valence-electron chi connectivity index (χ2n) is 9.27. The van der Waals surface area contributed by atoms with E-state index < -0.39 is 0 Å². The zero-order valence-electron chi connectivity index (χ0n) is 18.7. The maximum absolute atomic E-state index is 12.2. The summed E-state index contributed by atoms with van der Waals surface area (Å²) in [5.41, 5.74) is 3.55. The van der Waals surface area contributed by atoms with E-state index in [1.807, 2.05) is 6.07 Å². The lowest BCUT2D eigenvalue weighted by molar-refractivity contribution is -0.115. The zero-order chi connectivity index (χ0) is 22.1. The molecule has 166 valence electrons. The summed E-state index contributed by atoms with van der Waals surface area (Å²) in [6.07, 6.45) is 9.02. The first-order valence-corrected chi connectivity index (χ1v) is 11.9. The van der Waals surface area contributed by atoms with Gasteiger partial charge in [-0.3, -0.25) is 4.79 Å². The Bertz CT molecular complexity index is 1160. The van der Waals surface area contributed by atoms with Gasteiger partial charge in [0.05, 0.1) is 24.4 Å². The number of benzene rings is 2. The van der Waals surface area contributed by atoms with E-state index in [4.69, 9.17) is 4.74 Å². The lowest BCUT2D eigenvalue weighted by Gasteiger charge is -2.42. The van der Waals surface area contributed by atoms with E-state index in [0.717, 1.165) is 55.2 Å². The predicted octanol–water partition coefficient (Wildman–Crippen LogP) is 4.02. The fourth-order valence-electron chi connectivity index (χ4n) is 5.47. The average molecular weight is 430 g/mol. The summed E-state index contributed by atoms with van der Waals surface area (Å²) in [6.45, 7) is 2.46. The Morgan fingerprint density at radius 3 is 2.81 bits per heavy atom. The van der Waals surface area contributed by atoms with Gasteiger partial charge < -0.3 is 14.7 Å². The smallest absolute Gasteiger partial charge is 0.178 e. The van der Waals surface area contributed by atoms with Gasteiger partial charge in [0.25, 0.3) is 0 Å². The minimum absolute atomic E-state index is 0.0286. The van der Waals surface area contributed by atoms with Gasteiger partial charge in [0.1, 0.15) is 11.5 Å². The van der Waals surface area contributed by atoms with E-state index in [-0.39, 0.29) is 23.7 Å². The van der Waals surface area contributed by atoms with E-state index in [2.05, 4.69) is 54.3 Å². The van der Waals surface area contributed by atoms with Crippen LogP contribution in [0, 0.1) is 0 Å². The van der Waals surface area contributed by atoms with Crippen LogP contribution < -0.4 is 15.2 Å². The number of nitrogens with zero attached hydrogens (tertiary/aromatic N) is 1. The molecule has 0 radical (unpaired) electrons. The molecule has 0 bridgehead atoms. The zero-order valence-corrected chi connectivity index (χ0v) is 18.7. The highest BCUT2D eigenvalue weighted by atomic mass is 16.5. The fraction of sp³-hybridized carbons (Fsp3) is 0.393. The number of ether oxygens (including phenoxy) is 1. The molecule has 2 aromatic carbocycles. The van der Waals surface area contributed by atoms with Gasteiger partial charge in [-0.05, 0) is 73.9 Å². The van der Waals surface area contributed by atoms with E-state index >= 15 is 0 Å². The van der Waals surface area contributed by atoms with Crippen molar-refractivity contribution in [3.05, 3.63) is 76.4 Å². The van der Waals surface area contributed by atoms with Gasteiger partial charge in [0.15, 0.2) is 5.78 Å². The van der Waals surface area contributed by atoms with Crippen LogP contribution in [0.2, 0.25) is 0 Å². The first kappa shape index (κ1) is 20.9. The summed E-state index contributed by atoms with van der Waals surface area (Å²) in [6, 6.07) is 17.1. The van der Waals surface area contributed by atoms with Crippen molar-refractivity contribution >= 4 is 17.1 Å². The Balaban J connectivity index is 1.41. The highest BCUT2D eigenvalue weighted by molar-refractivity contribution is 5.97. The first-order valence-electron chi connectivity index (χ1n) is 11.9. The molecule has 0 unspecified atom stereocenters. The second kappa shape index (κ2) is 8.85. The number of hydrogen-bond acceptors (Lipinski definition) is 4. The standard InChI is InChI=1S/C28H31NO3/c1-19(8-7-11-20-9-3-2-4-10-20)32-22-14-15-23-24-12-5-6-13-26(24)29-18-21(30)16-27(31)28(29)25(23)17-22/h2-4,9-10,14-17,19,26,31H,5-8,11-13,18H2,1H3/t19-,26+/m0/s1. The number of carbonyl (C=O) groups is 1. The second-order valence-corrected chi connectivity index (χ2v) is 9.27. The van der Waals surface area contributed by atoms with Crippen molar-refractivity contribution in [1.82, 2.24) is 4.90 Å². The summed E-state index contributed by atoms with van der Waals surface area (Å²) < 4.78 is 6.28. The molecule has 2 heterocycles. The van der Waals surface area contributed by atoms with Gasteiger partial charge in [-0.2, -0.15) is 0 Å². The third-order valence-corrected chi connectivity index (χ3v) is 6.95. The van der Waals surface area contributed by atoms with Crippen molar-refractivity contribution in [3.8, 4) is 5.75 Å². The monoisotopic (exact) mass is 429 g/mol. The van der Waals surface area contributed by atoms with E-state index in [9.17, 15) is 9.90 Å². The van der Waals surface area contributed by atoms with Crippen molar-refractivity contribution in [2.45, 2.75) is 64.0 Å². The molecule has 2 atom stereocenters. The van der Waals surface area contributed by atoms with E-state index in [0.29, 0.717) is 6.54 Å². The Morgan fingerprint density at radius 2 is 1.97 bits per heavy atom. The topological polar surface area (TPSA) is 49.8 Å². The Morgan fingerprint density at radius 1 is 1.12 bits per heavy atom. The predicted molar refractivity (Wildman–Crippen MR) is 127 cm³/mol. The van der Waals surface area contributed by atoms with E-state index in [1.165, 1.54) is 28.9 Å². The number of ketones is 1. The van der Waals surface area contributed by atoms with Crippen LogP contribution in [0.3, 0.4) is 0 Å². The summed E-state index contributed by atoms with van der Waals surface area (Å²) in [5, 5.41) is 12.9. The van der Waals surface area contributed by atoms with Crippen LogP contribution in [0.1, 0.15) is 51.0 Å². The van der Waals surface area contributed by atoms with Crippen molar-refractivity contribution in [2.24, 2.45) is 0 Å². The molecule has 3 aliphatic rings. The fourth-order valence-corrected chi connectivity index (χ4v) is 5.47. The average Bonchev–Trinajstić information content (AvgIpc) is 2.79. The Hall–Kier alpha value is -3.01. The Kier molecular flexibility index (Phi) is 5.77. The first-order chi connectivity index (χ1) is 15.6. The molecule has 1 aliphatic carbocycles. The molecule has 1 fully saturated rings. The number of aryl methyl sites for hydroxylation is 1. The van der Waals surface area contributed by atoms with Crippen LogP contribution in [0.4, 0.5) is 0 Å². The molecular formula is C28H31NO3. The number of carbonyl (C=O) groups excluding carboxylic acids is 1. The maximum atomic E-state index is 12.2. The minimum Gasteiger partial charge on any atom is -0.506 e. The molecule has 32 heavy (non-hydrogen) atoms. The van der Waals surface area contributed by atoms with Gasteiger partial charge >= 0.3 is 0 Å². The molecular weight excluding hydrogens is 398 g/mol. The van der Waals surface area contributed by atoms with Crippen LogP contribution >= 0.6 is 0 Å². The molecule has 5 rings (SSSR count). The van der Waals surface area contributed by atoms with Crippen molar-refractivity contribution in [1.29, 1.82) is 0 Å². The molecule has 0 saturated heterocycles. The van der Waals surface area contributed by atoms with Gasteiger partial charge in [0.2, 0.25) is 0 Å². The highest BCUT2D eigenvalue weighted by Gasteiger charge is 2.35. The Labute approximate surface area is 189 Å². The number of fused-ring (bicyclic) bond motifs is 4. The van der Waals surface area contributed by atoms with Crippen LogP contribution in [0.15, 0.2) is 60.4 Å². The van der Waals surface area contributed by atoms with E-state index in [1.54, 1.807) is 0 Å². The molecule has 1 N–H and O–H groups in total. The van der Waals surface area contributed by atoms with Gasteiger partial charge in [-0.15, -0.1) is 0 Å². The van der Waals surface area contributed by atoms with Gasteiger partial charge in [-0.1, -0.05) is 42.8 Å². The van der Waals surface area contributed by atoms with Crippen molar-refractivity contribution < 1.29 is 14.6 Å². The molecule has 2 aromatic rings. The molecule has 0 spiro atoms. The lowest BCUT2D eigenvalue weighted by atomic mass is 9.83. The highest BCUT2D eigenvalue weighted by Crippen LogP contribution is 2.35. The summed E-state index contributed by atoms with van der Waals surface area (Å²) >= 11 is 0. The van der Waals surface area contributed by atoms with Crippen molar-refractivity contribution in [3.63, 3.8) is 0 Å². The molecule has 2 aliphatic heterocycles. The van der Waals surface area contributed by atoms with Gasteiger partial charge in [0, 0.05) is 11.3 Å². The van der Waals surface area contributed by atoms with Gasteiger partial charge in [-0.25, -0.2) is 0 Å². The lowest BCUT2D eigenvalue weighted by Crippen LogP contribution is -2.52. The van der Waals surface area contributed by atoms with Crippen LogP contribution in [0.25, 0.3) is 11.3 Å². The van der Waals surface area contributed by atoms with Crippen LogP contribution in [-0.2, 0) is 11.2 Å². The molecule has 0 aromatic heterocycles. The molecule has 4 heteroatoms. The molecule has 0 amide bonds. The number of aliphatic hydroxyl groups is 1. The number of aliphatic hydroxyl groups excluding tert-OH is 1. The SMILES string of the molecule is C[C@@H](CCCc1ccccc1)Oc1ccc2c(c1)=C1C(O)=CC(=O)CN1[C@@H]1CCCCC=21. The summed E-state index contributed by atoms with van der Waals surface area (Å²) in [5.74, 6) is 0.877. The van der Waals surface area contributed by atoms with Crippen LogP contribution in [0.5, 0.6) is 5.75 Å². The largest absolute Gasteiger partial charge is 0.506 e. The number of hydrogen-bond donors (Lipinski definition) is 1. The molecule has 4 nitrogen and oxygen atoms in total. The quantitative estimate of drug-likeness (QED) is 0.754. The number of rotatable bonds is 6. The summed E-state index contributed by atoms with van der Waals surface area (Å²) in [4.78, 5) is 14.3. The normalized spacial score (nSPS) is 20.8. The van der Waals surface area contributed by atoms with Crippen molar-refractivity contribution in [2.75, 3.05) is 6.54 Å². The molecule has 1 saturated carbocycles. The summed E-state index contributed by atoms with van der Waals surface area (Å²) in [7, 11) is 0. The minimum atomic E-state index is -0.0286.